The number of amides is 3. The third-order valence-electron chi connectivity index (χ3n) is 5.56. The molecule has 0 aliphatic carbocycles. The summed E-state index contributed by atoms with van der Waals surface area (Å²) in [5, 5.41) is 12.7. The van der Waals surface area contributed by atoms with Gasteiger partial charge in [0.1, 0.15) is 18.9 Å². The normalized spacial score (nSPS) is 15.6. The number of halogens is 1. The van der Waals surface area contributed by atoms with E-state index in [2.05, 4.69) is 5.32 Å². The molecule has 1 heterocycles. The Kier molecular flexibility index (Phi) is 8.81. The number of carbonyl (C=O) groups excluding carboxylic acids is 3. The maximum Gasteiger partial charge on any atom is 0.325 e. The Morgan fingerprint density at radius 3 is 2.58 bits per heavy atom. The van der Waals surface area contributed by atoms with Gasteiger partial charge in [-0.3, -0.25) is 9.59 Å². The number of para-hydroxylation sites is 1. The Bertz CT molecular complexity index is 1120. The molecule has 194 valence electrons. The van der Waals surface area contributed by atoms with Gasteiger partial charge in [0.05, 0.1) is 22.8 Å². The second-order valence-electron chi connectivity index (χ2n) is 9.23. The molecule has 3 rings (SSSR count). The maximum absolute atomic E-state index is 13.7. The molecular formula is C26H32ClN3O6. The van der Waals surface area contributed by atoms with Crippen LogP contribution >= 0.6 is 11.6 Å². The van der Waals surface area contributed by atoms with E-state index < -0.39 is 17.6 Å². The van der Waals surface area contributed by atoms with E-state index in [-0.39, 0.29) is 55.4 Å². The Balaban J connectivity index is 1.83. The highest BCUT2D eigenvalue weighted by Crippen LogP contribution is 2.31. The molecule has 1 aliphatic heterocycles. The van der Waals surface area contributed by atoms with Gasteiger partial charge in [0, 0.05) is 24.8 Å². The van der Waals surface area contributed by atoms with E-state index in [9.17, 15) is 19.5 Å². The Morgan fingerprint density at radius 2 is 1.92 bits per heavy atom. The zero-order valence-electron chi connectivity index (χ0n) is 20.9. The molecular weight excluding hydrogens is 486 g/mol. The van der Waals surface area contributed by atoms with E-state index in [1.54, 1.807) is 48.8 Å². The molecule has 3 amide bonds. The summed E-state index contributed by atoms with van der Waals surface area (Å²) < 4.78 is 10.5. The first-order chi connectivity index (χ1) is 17.0. The fourth-order valence-electron chi connectivity index (χ4n) is 3.80. The third kappa shape index (κ3) is 6.89. The van der Waals surface area contributed by atoms with Gasteiger partial charge in [-0.2, -0.15) is 0 Å². The van der Waals surface area contributed by atoms with Crippen molar-refractivity contribution in [3.63, 3.8) is 0 Å². The molecule has 1 atom stereocenters. The molecule has 0 radical (unpaired) electrons. The zero-order valence-corrected chi connectivity index (χ0v) is 21.7. The van der Waals surface area contributed by atoms with E-state index in [0.717, 1.165) is 5.56 Å². The Hall–Kier alpha value is -3.30. The summed E-state index contributed by atoms with van der Waals surface area (Å²) in [6.45, 7) is 7.33. The lowest BCUT2D eigenvalue weighted by Gasteiger charge is -2.29. The number of hydrogen-bond donors (Lipinski definition) is 2. The van der Waals surface area contributed by atoms with Crippen molar-refractivity contribution < 1.29 is 29.0 Å². The van der Waals surface area contributed by atoms with Crippen molar-refractivity contribution in [3.05, 3.63) is 58.6 Å². The van der Waals surface area contributed by atoms with Crippen LogP contribution in [0.25, 0.3) is 0 Å². The Morgan fingerprint density at radius 1 is 1.19 bits per heavy atom. The molecule has 1 aliphatic rings. The quantitative estimate of drug-likeness (QED) is 0.543. The summed E-state index contributed by atoms with van der Waals surface area (Å²) in [5.41, 5.74) is 0.729. The number of aliphatic hydroxyl groups is 1. The molecule has 0 fully saturated rings. The average molecular weight is 518 g/mol. The number of fused-ring (bicyclic) bond motifs is 1. The molecule has 10 heteroatoms. The van der Waals surface area contributed by atoms with Gasteiger partial charge in [-0.05, 0) is 57.5 Å². The van der Waals surface area contributed by atoms with E-state index in [0.29, 0.717) is 11.4 Å². The molecule has 0 saturated carbocycles. The number of hydrogen-bond acceptors (Lipinski definition) is 6. The number of ether oxygens (including phenoxy) is 2. The standard InChI is InChI=1S/C26H32ClN3O6/c1-5-35-23(31)13-28-25(33)29-15-18-8-6-7-9-22(18)30(14-17(29)2)24(32)20-11-10-19(12-21(20)27)36-16-26(3,4)34/h6-12,17,34H,5,13-16H2,1-4H3,(H,28,33)/t17-/m1/s1. The number of nitrogens with one attached hydrogen (secondary N) is 1. The number of anilines is 1. The first-order valence-electron chi connectivity index (χ1n) is 11.7. The highest BCUT2D eigenvalue weighted by Gasteiger charge is 2.32. The lowest BCUT2D eigenvalue weighted by molar-refractivity contribution is -0.141. The monoisotopic (exact) mass is 517 g/mol. The topological polar surface area (TPSA) is 108 Å². The van der Waals surface area contributed by atoms with Crippen molar-refractivity contribution in [2.75, 3.05) is 31.2 Å². The second kappa shape index (κ2) is 11.6. The summed E-state index contributed by atoms with van der Waals surface area (Å²) in [6, 6.07) is 11.3. The van der Waals surface area contributed by atoms with Crippen LogP contribution in [0.3, 0.4) is 0 Å². The minimum Gasteiger partial charge on any atom is -0.491 e. The van der Waals surface area contributed by atoms with Gasteiger partial charge in [0.25, 0.3) is 5.91 Å². The molecule has 9 nitrogen and oxygen atoms in total. The second-order valence-corrected chi connectivity index (χ2v) is 9.64. The largest absolute Gasteiger partial charge is 0.491 e. The van der Waals surface area contributed by atoms with Gasteiger partial charge < -0.3 is 29.7 Å². The van der Waals surface area contributed by atoms with E-state index in [1.165, 1.54) is 0 Å². The zero-order chi connectivity index (χ0) is 26.5. The van der Waals surface area contributed by atoms with Gasteiger partial charge in [0.2, 0.25) is 0 Å². The molecule has 0 bridgehead atoms. The molecule has 0 spiro atoms. The molecule has 0 unspecified atom stereocenters. The average Bonchev–Trinajstić information content (AvgIpc) is 2.97. The lowest BCUT2D eigenvalue weighted by atomic mass is 10.1. The molecule has 2 aromatic carbocycles. The van der Waals surface area contributed by atoms with Crippen LogP contribution in [0.4, 0.5) is 10.5 Å². The minimum absolute atomic E-state index is 0.0711. The van der Waals surface area contributed by atoms with E-state index in [1.807, 2.05) is 31.2 Å². The first-order valence-corrected chi connectivity index (χ1v) is 12.1. The molecule has 2 N–H and O–H groups in total. The van der Waals surface area contributed by atoms with E-state index in [4.69, 9.17) is 21.1 Å². The summed E-state index contributed by atoms with van der Waals surface area (Å²) in [5.74, 6) is -0.398. The highest BCUT2D eigenvalue weighted by molar-refractivity contribution is 6.34. The summed E-state index contributed by atoms with van der Waals surface area (Å²) in [7, 11) is 0. The first kappa shape index (κ1) is 27.3. The van der Waals surface area contributed by atoms with Crippen molar-refractivity contribution in [1.29, 1.82) is 0 Å². The summed E-state index contributed by atoms with van der Waals surface area (Å²) in [4.78, 5) is 41.4. The fraction of sp³-hybridized carbons (Fsp3) is 0.423. The van der Waals surface area contributed by atoms with Crippen LogP contribution < -0.4 is 15.0 Å². The summed E-state index contributed by atoms with van der Waals surface area (Å²) >= 11 is 6.47. The number of esters is 1. The van der Waals surface area contributed by atoms with Crippen LogP contribution in [0.2, 0.25) is 5.02 Å². The maximum atomic E-state index is 13.7. The fourth-order valence-corrected chi connectivity index (χ4v) is 4.05. The van der Waals surface area contributed by atoms with Gasteiger partial charge in [-0.1, -0.05) is 29.8 Å². The van der Waals surface area contributed by atoms with Crippen LogP contribution in [-0.2, 0) is 16.1 Å². The van der Waals surface area contributed by atoms with Crippen LogP contribution in [0.15, 0.2) is 42.5 Å². The van der Waals surface area contributed by atoms with Crippen LogP contribution in [-0.4, -0.2) is 65.9 Å². The van der Waals surface area contributed by atoms with Crippen molar-refractivity contribution in [2.45, 2.75) is 45.9 Å². The van der Waals surface area contributed by atoms with Crippen LogP contribution in [0.1, 0.15) is 43.6 Å². The predicted octanol–water partition coefficient (Wildman–Crippen LogP) is 3.61. The number of benzene rings is 2. The van der Waals surface area contributed by atoms with Crippen LogP contribution in [0, 0.1) is 0 Å². The smallest absolute Gasteiger partial charge is 0.325 e. The lowest BCUT2D eigenvalue weighted by Crippen LogP contribution is -2.49. The molecule has 2 aromatic rings. The van der Waals surface area contributed by atoms with E-state index >= 15 is 0 Å². The summed E-state index contributed by atoms with van der Waals surface area (Å²) in [6.07, 6.45) is 0. The minimum atomic E-state index is -1.01. The SMILES string of the molecule is CCOC(=O)CNC(=O)N1Cc2ccccc2N(C(=O)c2ccc(OCC(C)(C)O)cc2Cl)C[C@H]1C. The number of nitrogens with zero attached hydrogens (tertiary/aromatic N) is 2. The number of urea groups is 1. The number of rotatable bonds is 7. The molecule has 0 saturated heterocycles. The van der Waals surface area contributed by atoms with Crippen molar-refractivity contribution in [1.82, 2.24) is 10.2 Å². The molecule has 36 heavy (non-hydrogen) atoms. The third-order valence-corrected chi connectivity index (χ3v) is 5.87. The number of carbonyl (C=O) groups is 3. The van der Waals surface area contributed by atoms with Gasteiger partial charge in [0.15, 0.2) is 0 Å². The van der Waals surface area contributed by atoms with Gasteiger partial charge in [-0.15, -0.1) is 0 Å². The van der Waals surface area contributed by atoms with Gasteiger partial charge >= 0.3 is 12.0 Å². The van der Waals surface area contributed by atoms with Crippen LogP contribution in [0.5, 0.6) is 5.75 Å². The van der Waals surface area contributed by atoms with Crippen molar-refractivity contribution in [3.8, 4) is 5.75 Å². The molecule has 0 aromatic heterocycles. The van der Waals surface area contributed by atoms with Crippen molar-refractivity contribution in [2.24, 2.45) is 0 Å². The van der Waals surface area contributed by atoms with Gasteiger partial charge in [-0.25, -0.2) is 4.79 Å². The predicted molar refractivity (Wildman–Crippen MR) is 136 cm³/mol. The Labute approximate surface area is 215 Å². The van der Waals surface area contributed by atoms with Crippen molar-refractivity contribution >= 4 is 35.2 Å². The highest BCUT2D eigenvalue weighted by atomic mass is 35.5.